The lowest BCUT2D eigenvalue weighted by Crippen LogP contribution is -2.54. The number of benzene rings is 2. The van der Waals surface area contributed by atoms with E-state index in [1.165, 1.54) is 11.0 Å². The van der Waals surface area contributed by atoms with Crippen LogP contribution in [-0.4, -0.2) is 33.2 Å². The number of hydrogen-bond acceptors (Lipinski definition) is 5. The fourth-order valence-corrected chi connectivity index (χ4v) is 3.54. The Morgan fingerprint density at radius 2 is 1.71 bits per heavy atom. The van der Waals surface area contributed by atoms with Gasteiger partial charge in [0.1, 0.15) is 17.1 Å². The first-order valence-electron chi connectivity index (χ1n) is 9.59. The van der Waals surface area contributed by atoms with Crippen molar-refractivity contribution >= 4 is 40.9 Å². The zero-order chi connectivity index (χ0) is 22.0. The van der Waals surface area contributed by atoms with E-state index in [1.807, 2.05) is 6.92 Å². The van der Waals surface area contributed by atoms with Gasteiger partial charge in [0, 0.05) is 17.6 Å². The molecule has 156 valence electrons. The molecule has 4 rings (SSSR count). The van der Waals surface area contributed by atoms with Crippen molar-refractivity contribution in [3.63, 3.8) is 0 Å². The number of rotatable bonds is 5. The van der Waals surface area contributed by atoms with Crippen LogP contribution in [0.3, 0.4) is 0 Å². The highest BCUT2D eigenvalue weighted by atomic mass is 32.1. The van der Waals surface area contributed by atoms with Crippen LogP contribution in [0, 0.1) is 0 Å². The van der Waals surface area contributed by atoms with Crippen molar-refractivity contribution in [1.82, 2.24) is 9.88 Å². The zero-order valence-electron chi connectivity index (χ0n) is 16.6. The van der Waals surface area contributed by atoms with E-state index in [0.717, 1.165) is 5.69 Å². The molecule has 1 saturated heterocycles. The monoisotopic (exact) mass is 433 g/mol. The number of aromatic hydroxyl groups is 1. The summed E-state index contributed by atoms with van der Waals surface area (Å²) in [4.78, 5) is 27.1. The molecular formula is C23H19N3O4S. The maximum absolute atomic E-state index is 13.2. The topological polar surface area (TPSA) is 83.8 Å². The Kier molecular flexibility index (Phi) is 5.55. The van der Waals surface area contributed by atoms with Crippen molar-refractivity contribution in [3.05, 3.63) is 78.1 Å². The average Bonchev–Trinajstić information content (AvgIpc) is 3.21. The second-order valence-electron chi connectivity index (χ2n) is 6.70. The highest BCUT2D eigenvalue weighted by Crippen LogP contribution is 2.25. The molecule has 1 fully saturated rings. The number of carbonyl (C=O) groups is 2. The van der Waals surface area contributed by atoms with E-state index < -0.39 is 11.8 Å². The standard InChI is InChI=1S/C23H19N3O4S/c1-2-30-19-11-7-16(8-12-19)26-22(29)20(21(28)24-23(26)31)14-17-4-3-13-25(17)15-5-9-18(27)10-6-15/h3-14,27H,2H2,1H3,(H,24,28,31)/b20-14+. The number of nitrogens with zero attached hydrogens (tertiary/aromatic N) is 2. The fourth-order valence-electron chi connectivity index (χ4n) is 3.26. The molecule has 1 aliphatic heterocycles. The van der Waals surface area contributed by atoms with Crippen LogP contribution >= 0.6 is 12.2 Å². The van der Waals surface area contributed by atoms with E-state index in [9.17, 15) is 14.7 Å². The summed E-state index contributed by atoms with van der Waals surface area (Å²) in [5.41, 5.74) is 1.89. The van der Waals surface area contributed by atoms with E-state index >= 15 is 0 Å². The Morgan fingerprint density at radius 3 is 2.39 bits per heavy atom. The first kappa shape index (κ1) is 20.4. The number of anilines is 1. The molecule has 8 heteroatoms. The lowest BCUT2D eigenvalue weighted by atomic mass is 10.1. The van der Waals surface area contributed by atoms with Crippen LogP contribution in [0.4, 0.5) is 5.69 Å². The van der Waals surface area contributed by atoms with Crippen molar-refractivity contribution in [3.8, 4) is 17.2 Å². The lowest BCUT2D eigenvalue weighted by molar-refractivity contribution is -0.122. The van der Waals surface area contributed by atoms with Gasteiger partial charge in [-0.25, -0.2) is 0 Å². The van der Waals surface area contributed by atoms with Gasteiger partial charge in [-0.1, -0.05) is 0 Å². The first-order chi connectivity index (χ1) is 15.0. The van der Waals surface area contributed by atoms with E-state index in [0.29, 0.717) is 23.7 Å². The van der Waals surface area contributed by atoms with Crippen molar-refractivity contribution < 1.29 is 19.4 Å². The van der Waals surface area contributed by atoms with Crippen molar-refractivity contribution in [2.24, 2.45) is 0 Å². The second-order valence-corrected chi connectivity index (χ2v) is 7.09. The van der Waals surface area contributed by atoms with Crippen LogP contribution in [0.5, 0.6) is 11.5 Å². The van der Waals surface area contributed by atoms with Crippen molar-refractivity contribution in [1.29, 1.82) is 0 Å². The molecule has 1 aliphatic rings. The van der Waals surface area contributed by atoms with Crippen LogP contribution in [0.2, 0.25) is 0 Å². The summed E-state index contributed by atoms with van der Waals surface area (Å²) in [6.45, 7) is 2.42. The molecule has 0 atom stereocenters. The quantitative estimate of drug-likeness (QED) is 0.366. The van der Waals surface area contributed by atoms with Crippen LogP contribution in [0.15, 0.2) is 72.4 Å². The van der Waals surface area contributed by atoms with Gasteiger partial charge in [-0.15, -0.1) is 0 Å². The van der Waals surface area contributed by atoms with Gasteiger partial charge in [0.05, 0.1) is 12.3 Å². The molecule has 0 radical (unpaired) electrons. The molecule has 0 unspecified atom stereocenters. The van der Waals surface area contributed by atoms with Crippen LogP contribution < -0.4 is 15.0 Å². The smallest absolute Gasteiger partial charge is 0.270 e. The number of ether oxygens (including phenoxy) is 1. The highest BCUT2D eigenvalue weighted by Gasteiger charge is 2.34. The number of nitrogens with one attached hydrogen (secondary N) is 1. The third-order valence-corrected chi connectivity index (χ3v) is 4.99. The van der Waals surface area contributed by atoms with Crippen molar-refractivity contribution in [2.45, 2.75) is 6.92 Å². The molecule has 7 nitrogen and oxygen atoms in total. The summed E-state index contributed by atoms with van der Waals surface area (Å²) in [6.07, 6.45) is 3.33. The van der Waals surface area contributed by atoms with Crippen LogP contribution in [0.1, 0.15) is 12.6 Å². The number of phenolic OH excluding ortho intramolecular Hbond substituents is 1. The minimum Gasteiger partial charge on any atom is -0.508 e. The molecule has 0 aliphatic carbocycles. The molecule has 2 heterocycles. The van der Waals surface area contributed by atoms with Gasteiger partial charge in [-0.3, -0.25) is 19.8 Å². The van der Waals surface area contributed by atoms with Gasteiger partial charge in [0.2, 0.25) is 0 Å². The number of hydrogen-bond donors (Lipinski definition) is 2. The molecule has 2 amide bonds. The largest absolute Gasteiger partial charge is 0.508 e. The molecule has 2 N–H and O–H groups in total. The highest BCUT2D eigenvalue weighted by molar-refractivity contribution is 7.80. The van der Waals surface area contributed by atoms with Crippen LogP contribution in [0.25, 0.3) is 11.8 Å². The van der Waals surface area contributed by atoms with E-state index in [4.69, 9.17) is 17.0 Å². The normalized spacial score (nSPS) is 15.3. The predicted octanol–water partition coefficient (Wildman–Crippen LogP) is 3.41. The van der Waals surface area contributed by atoms with Crippen LogP contribution in [-0.2, 0) is 9.59 Å². The van der Waals surface area contributed by atoms with E-state index in [2.05, 4.69) is 5.32 Å². The maximum Gasteiger partial charge on any atom is 0.270 e. The molecule has 1 aromatic heterocycles. The number of amides is 2. The second kappa shape index (κ2) is 8.45. The molecule has 31 heavy (non-hydrogen) atoms. The predicted molar refractivity (Wildman–Crippen MR) is 121 cm³/mol. The third kappa shape index (κ3) is 4.06. The Labute approximate surface area is 184 Å². The number of aromatic nitrogens is 1. The van der Waals surface area contributed by atoms with Gasteiger partial charge in [-0.2, -0.15) is 0 Å². The Hall–Kier alpha value is -3.91. The molecular weight excluding hydrogens is 414 g/mol. The third-order valence-electron chi connectivity index (χ3n) is 4.71. The molecule has 0 saturated carbocycles. The van der Waals surface area contributed by atoms with E-state index in [1.54, 1.807) is 71.4 Å². The van der Waals surface area contributed by atoms with Gasteiger partial charge < -0.3 is 14.4 Å². The minimum atomic E-state index is -0.560. The Balaban J connectivity index is 1.69. The minimum absolute atomic E-state index is 0.0187. The summed E-state index contributed by atoms with van der Waals surface area (Å²) >= 11 is 5.25. The summed E-state index contributed by atoms with van der Waals surface area (Å²) in [6, 6.07) is 17.1. The molecule has 0 spiro atoms. The summed E-state index contributed by atoms with van der Waals surface area (Å²) in [7, 11) is 0. The average molecular weight is 433 g/mol. The Bertz CT molecular complexity index is 1180. The molecule has 0 bridgehead atoms. The fraction of sp³-hybridized carbons (Fsp3) is 0.0870. The first-order valence-corrected chi connectivity index (χ1v) is 10.00. The summed E-state index contributed by atoms with van der Waals surface area (Å²) in [5.74, 6) is -0.252. The molecule has 3 aromatic rings. The maximum atomic E-state index is 13.2. The number of phenols is 1. The summed E-state index contributed by atoms with van der Waals surface area (Å²) in [5, 5.41) is 12.1. The zero-order valence-corrected chi connectivity index (χ0v) is 17.4. The Morgan fingerprint density at radius 1 is 1.03 bits per heavy atom. The van der Waals surface area contributed by atoms with Crippen molar-refractivity contribution in [2.75, 3.05) is 11.5 Å². The summed E-state index contributed by atoms with van der Waals surface area (Å²) < 4.78 is 7.24. The lowest BCUT2D eigenvalue weighted by Gasteiger charge is -2.29. The number of carbonyl (C=O) groups excluding carboxylic acids is 2. The van der Waals surface area contributed by atoms with Gasteiger partial charge in [-0.05, 0) is 85.9 Å². The number of thiocarbonyl (C=S) groups is 1. The van der Waals surface area contributed by atoms with E-state index in [-0.39, 0.29) is 16.4 Å². The van der Waals surface area contributed by atoms with Gasteiger partial charge in [0.15, 0.2) is 5.11 Å². The van der Waals surface area contributed by atoms with Gasteiger partial charge in [0.25, 0.3) is 11.8 Å². The SMILES string of the molecule is CCOc1ccc(N2C(=O)/C(=C/c3cccn3-c3ccc(O)cc3)C(=O)NC2=S)cc1. The molecule has 2 aromatic carbocycles. The van der Waals surface area contributed by atoms with Gasteiger partial charge >= 0.3 is 0 Å².